The third-order valence-electron chi connectivity index (χ3n) is 2.76. The van der Waals surface area contributed by atoms with Crippen molar-refractivity contribution in [3.05, 3.63) is 0 Å². The number of rotatable bonds is 2. The van der Waals surface area contributed by atoms with E-state index in [-0.39, 0.29) is 0 Å². The molecule has 0 saturated heterocycles. The predicted molar refractivity (Wildman–Crippen MR) is 66.8 cm³/mol. The first-order valence-electron chi connectivity index (χ1n) is 5.56. The summed E-state index contributed by atoms with van der Waals surface area (Å²) in [6.07, 6.45) is 0. The molecule has 15 heavy (non-hydrogen) atoms. The van der Waals surface area contributed by atoms with Crippen LogP contribution in [0.5, 0.6) is 0 Å². The van der Waals surface area contributed by atoms with Gasteiger partial charge in [0.2, 0.25) is 0 Å². The van der Waals surface area contributed by atoms with E-state index in [0.717, 1.165) is 0 Å². The van der Waals surface area contributed by atoms with E-state index < -0.39 is 16.6 Å². The molecule has 94 valence electrons. The summed E-state index contributed by atoms with van der Waals surface area (Å²) < 4.78 is 5.85. The maximum atomic E-state index is 2.54. The zero-order chi connectivity index (χ0) is 12.7. The van der Waals surface area contributed by atoms with Gasteiger partial charge in [-0.05, 0) is 0 Å². The van der Waals surface area contributed by atoms with Gasteiger partial charge in [-0.2, -0.15) is 0 Å². The van der Waals surface area contributed by atoms with Crippen molar-refractivity contribution in [1.82, 2.24) is 6.92 Å². The molecule has 0 saturated carbocycles. The molecule has 0 spiro atoms. The summed E-state index contributed by atoms with van der Waals surface area (Å²) in [4.78, 5) is 0. The predicted octanol–water partition coefficient (Wildman–Crippen LogP) is 3.53. The van der Waals surface area contributed by atoms with Gasteiger partial charge in [-0.3, -0.25) is 0 Å². The molecule has 0 N–H and O–H groups in total. The molecule has 3 heteroatoms. The van der Waals surface area contributed by atoms with Crippen molar-refractivity contribution in [2.24, 2.45) is 0 Å². The second-order valence-electron chi connectivity index (χ2n) is 6.40. The van der Waals surface area contributed by atoms with Crippen molar-refractivity contribution in [3.63, 3.8) is 0 Å². The molecule has 2 nitrogen and oxygen atoms in total. The zero-order valence-electron chi connectivity index (χ0n) is 12.3. The number of nitrogens with zero attached hydrogens (tertiary/aromatic N) is 2. The molecule has 0 aliphatic rings. The summed E-state index contributed by atoms with van der Waals surface area (Å²) in [5.74, 6) is 0. The molecule has 0 radical (unpaired) electrons. The van der Waals surface area contributed by atoms with Gasteiger partial charge in [0.25, 0.3) is 0 Å². The van der Waals surface area contributed by atoms with Gasteiger partial charge in [0.1, 0.15) is 0 Å². The second kappa shape index (κ2) is 4.47. The Morgan fingerprint density at radius 1 is 0.600 bits per heavy atom. The van der Waals surface area contributed by atoms with Crippen LogP contribution < -0.4 is 0 Å². The Balaban J connectivity index is 5.73. The molecular formula is C12H30MoN2. The molecule has 0 atom stereocenters. The van der Waals surface area contributed by atoms with E-state index in [2.05, 4.69) is 76.7 Å². The molecule has 0 heterocycles. The van der Waals surface area contributed by atoms with Crippen LogP contribution in [-0.4, -0.2) is 35.1 Å². The van der Waals surface area contributed by atoms with Gasteiger partial charge in [0, 0.05) is 0 Å². The molecule has 0 bridgehead atoms. The summed E-state index contributed by atoms with van der Waals surface area (Å²) in [5, 5.41) is 0. The Morgan fingerprint density at radius 2 is 0.800 bits per heavy atom. The molecule has 0 aromatic rings. The average molecular weight is 298 g/mol. The molecule has 0 aromatic carbocycles. The van der Waals surface area contributed by atoms with Gasteiger partial charge in [0.05, 0.1) is 0 Å². The molecule has 0 aliphatic heterocycles. The summed E-state index contributed by atoms with van der Waals surface area (Å²) in [5.41, 5.74) is 0. The van der Waals surface area contributed by atoms with E-state index in [0.29, 0.717) is 7.61 Å². The first-order chi connectivity index (χ1) is 6.39. The van der Waals surface area contributed by atoms with Crippen LogP contribution in [0.4, 0.5) is 0 Å². The first kappa shape index (κ1) is 15.6. The minimum atomic E-state index is -2.32. The van der Waals surface area contributed by atoms with Crippen molar-refractivity contribution in [1.29, 1.82) is 0 Å². The van der Waals surface area contributed by atoms with Crippen LogP contribution in [0, 0.1) is 0 Å². The Hall–Kier alpha value is 0.608. The van der Waals surface area contributed by atoms with E-state index in [1.807, 2.05) is 0 Å². The third-order valence-corrected chi connectivity index (χ3v) is 16.4. The van der Waals surface area contributed by atoms with Gasteiger partial charge < -0.3 is 0 Å². The van der Waals surface area contributed by atoms with E-state index in [4.69, 9.17) is 0 Å². The van der Waals surface area contributed by atoms with Gasteiger partial charge >= 0.3 is 101 Å². The summed E-state index contributed by atoms with van der Waals surface area (Å²) in [7, 11) is 9.05. The number of hydrogen-bond acceptors (Lipinski definition) is 2. The van der Waals surface area contributed by atoms with Crippen LogP contribution in [0.1, 0.15) is 41.5 Å². The van der Waals surface area contributed by atoms with E-state index >= 15 is 0 Å². The number of hydrogen-bond donors (Lipinski definition) is 0. The van der Waals surface area contributed by atoms with Gasteiger partial charge in [-0.25, -0.2) is 0 Å². The van der Waals surface area contributed by atoms with Crippen LogP contribution in [-0.2, 0) is 16.6 Å². The SMILES string of the molecule is C[N](C)[Mo]([N](C)C)([C](C)(C)C)[C](C)(C)C. The standard InChI is InChI=1S/2C4H9.2C2H6N.Mo/c2*1-4(2)3;2*1-3-2;/h2*1-3H3;2*1-2H3;/q;;2*-1;+2. The van der Waals surface area contributed by atoms with Gasteiger partial charge in [0.15, 0.2) is 0 Å². The second-order valence-corrected chi connectivity index (χ2v) is 18.7. The van der Waals surface area contributed by atoms with Crippen LogP contribution in [0.15, 0.2) is 0 Å². The zero-order valence-corrected chi connectivity index (χ0v) is 14.3. The summed E-state index contributed by atoms with van der Waals surface area (Å²) in [6.45, 7) is 14.4. The molecular weight excluding hydrogens is 268 g/mol. The molecule has 0 amide bonds. The van der Waals surface area contributed by atoms with Crippen LogP contribution in [0.3, 0.4) is 0 Å². The first-order valence-corrected chi connectivity index (χ1v) is 9.36. The maximum absolute atomic E-state index is 2.54. The molecule has 0 aliphatic carbocycles. The molecule has 0 aromatic heterocycles. The fraction of sp³-hybridized carbons (Fsp3) is 1.00. The molecule has 0 rings (SSSR count). The Kier molecular flexibility index (Phi) is 4.65. The molecule has 0 unspecified atom stereocenters. The Morgan fingerprint density at radius 3 is 0.800 bits per heavy atom. The van der Waals surface area contributed by atoms with E-state index in [1.54, 1.807) is 0 Å². The van der Waals surface area contributed by atoms with Crippen molar-refractivity contribution in [2.75, 3.05) is 28.2 Å². The van der Waals surface area contributed by atoms with Crippen molar-refractivity contribution in [3.8, 4) is 0 Å². The minimum absolute atomic E-state index is 0.383. The van der Waals surface area contributed by atoms with Crippen molar-refractivity contribution < 1.29 is 16.6 Å². The van der Waals surface area contributed by atoms with Gasteiger partial charge in [-0.15, -0.1) is 0 Å². The van der Waals surface area contributed by atoms with Crippen LogP contribution >= 0.6 is 0 Å². The molecule has 0 fully saturated rings. The fourth-order valence-corrected chi connectivity index (χ4v) is 20.3. The van der Waals surface area contributed by atoms with Crippen molar-refractivity contribution in [2.45, 2.75) is 49.2 Å². The van der Waals surface area contributed by atoms with Crippen molar-refractivity contribution >= 4 is 0 Å². The average Bonchev–Trinajstić information content (AvgIpc) is 1.75. The van der Waals surface area contributed by atoms with Crippen LogP contribution in [0.2, 0.25) is 7.61 Å². The van der Waals surface area contributed by atoms with E-state index in [9.17, 15) is 0 Å². The Bertz CT molecular complexity index is 185. The summed E-state index contributed by atoms with van der Waals surface area (Å²) in [6, 6.07) is 0. The van der Waals surface area contributed by atoms with Crippen LogP contribution in [0.25, 0.3) is 0 Å². The Labute approximate surface area is 101 Å². The quantitative estimate of drug-likeness (QED) is 0.720. The topological polar surface area (TPSA) is 6.48 Å². The summed E-state index contributed by atoms with van der Waals surface area (Å²) >= 11 is -2.32. The normalized spacial score (nSPS) is 16.3. The fourth-order valence-electron chi connectivity index (χ4n) is 3.44. The third kappa shape index (κ3) is 2.48. The van der Waals surface area contributed by atoms with Gasteiger partial charge in [-0.1, -0.05) is 0 Å². The van der Waals surface area contributed by atoms with E-state index in [1.165, 1.54) is 0 Å². The monoisotopic (exact) mass is 300 g/mol.